The minimum atomic E-state index is -0.405. The van der Waals surface area contributed by atoms with Crippen molar-refractivity contribution < 1.29 is 14.0 Å². The van der Waals surface area contributed by atoms with Gasteiger partial charge in [0, 0.05) is 18.8 Å². The highest BCUT2D eigenvalue weighted by Gasteiger charge is 2.29. The van der Waals surface area contributed by atoms with Gasteiger partial charge in [-0.1, -0.05) is 6.92 Å². The molecule has 5 nitrogen and oxygen atoms in total. The van der Waals surface area contributed by atoms with Crippen molar-refractivity contribution in [1.29, 1.82) is 0 Å². The zero-order valence-corrected chi connectivity index (χ0v) is 11.4. The van der Waals surface area contributed by atoms with Gasteiger partial charge in [-0.15, -0.1) is 0 Å². The Bertz CT molecular complexity index is 533. The molecular formula is C14H18FN3O2. The van der Waals surface area contributed by atoms with Gasteiger partial charge in [0.1, 0.15) is 12.4 Å². The van der Waals surface area contributed by atoms with Crippen LogP contribution in [0.4, 0.5) is 10.1 Å². The summed E-state index contributed by atoms with van der Waals surface area (Å²) < 4.78 is 13.2. The summed E-state index contributed by atoms with van der Waals surface area (Å²) >= 11 is 0. The van der Waals surface area contributed by atoms with Crippen LogP contribution in [0.25, 0.3) is 0 Å². The Morgan fingerprint density at radius 1 is 1.20 bits per heavy atom. The number of anilines is 1. The van der Waals surface area contributed by atoms with Crippen LogP contribution < -0.4 is 5.73 Å². The van der Waals surface area contributed by atoms with Crippen LogP contribution in [0.2, 0.25) is 0 Å². The molecule has 0 aliphatic carbocycles. The quantitative estimate of drug-likeness (QED) is 0.836. The summed E-state index contributed by atoms with van der Waals surface area (Å²) in [5.41, 5.74) is 6.70. The molecule has 108 valence electrons. The molecule has 1 aromatic rings. The van der Waals surface area contributed by atoms with Crippen LogP contribution in [0, 0.1) is 5.82 Å². The number of carbonyl (C=O) groups excluding carboxylic acids is 2. The first-order valence-electron chi connectivity index (χ1n) is 6.60. The average Bonchev–Trinajstić information content (AvgIpc) is 2.40. The highest BCUT2D eigenvalue weighted by Crippen LogP contribution is 2.17. The van der Waals surface area contributed by atoms with E-state index in [4.69, 9.17) is 5.73 Å². The van der Waals surface area contributed by atoms with Crippen molar-refractivity contribution in [2.24, 2.45) is 0 Å². The van der Waals surface area contributed by atoms with E-state index in [1.165, 1.54) is 23.1 Å². The fourth-order valence-electron chi connectivity index (χ4n) is 2.24. The van der Waals surface area contributed by atoms with Gasteiger partial charge in [-0.2, -0.15) is 0 Å². The van der Waals surface area contributed by atoms with Crippen LogP contribution in [0.15, 0.2) is 18.2 Å². The topological polar surface area (TPSA) is 66.6 Å². The van der Waals surface area contributed by atoms with Gasteiger partial charge < -0.3 is 15.5 Å². The summed E-state index contributed by atoms with van der Waals surface area (Å²) in [6, 6.07) is 4.03. The second-order valence-electron chi connectivity index (χ2n) is 4.91. The van der Waals surface area contributed by atoms with Crippen LogP contribution >= 0.6 is 0 Å². The lowest BCUT2D eigenvalue weighted by Gasteiger charge is -2.34. The highest BCUT2D eigenvalue weighted by molar-refractivity contribution is 5.92. The average molecular weight is 279 g/mol. The number of carbonyl (C=O) groups is 2. The van der Waals surface area contributed by atoms with Crippen LogP contribution in [0.5, 0.6) is 0 Å². The van der Waals surface area contributed by atoms with Crippen molar-refractivity contribution in [3.05, 3.63) is 29.6 Å². The molecule has 1 aromatic carbocycles. The molecule has 1 aliphatic rings. The minimum absolute atomic E-state index is 0.0226. The number of hydrogen-bond acceptors (Lipinski definition) is 3. The molecule has 1 heterocycles. The zero-order chi connectivity index (χ0) is 14.7. The van der Waals surface area contributed by atoms with Gasteiger partial charge in [0.05, 0.1) is 6.54 Å². The molecule has 2 N–H and O–H groups in total. The Kier molecular flexibility index (Phi) is 4.22. The molecule has 0 saturated carbocycles. The molecule has 0 spiro atoms. The lowest BCUT2D eigenvalue weighted by molar-refractivity contribution is -0.150. The number of benzene rings is 1. The normalized spacial score (nSPS) is 15.9. The number of amides is 2. The summed E-state index contributed by atoms with van der Waals surface area (Å²) in [4.78, 5) is 26.9. The van der Waals surface area contributed by atoms with Gasteiger partial charge in [-0.3, -0.25) is 9.59 Å². The molecule has 0 radical (unpaired) electrons. The van der Waals surface area contributed by atoms with Crippen LogP contribution in [-0.2, 0) is 16.1 Å². The van der Waals surface area contributed by atoms with E-state index in [-0.39, 0.29) is 31.4 Å². The number of piperazine rings is 1. The van der Waals surface area contributed by atoms with Crippen molar-refractivity contribution >= 4 is 17.5 Å². The van der Waals surface area contributed by atoms with E-state index in [9.17, 15) is 14.0 Å². The Morgan fingerprint density at radius 3 is 2.55 bits per heavy atom. The summed E-state index contributed by atoms with van der Waals surface area (Å²) in [7, 11) is 0. The maximum absolute atomic E-state index is 13.2. The fraction of sp³-hybridized carbons (Fsp3) is 0.429. The summed E-state index contributed by atoms with van der Waals surface area (Å²) in [6.07, 6.45) is 0.815. The lowest BCUT2D eigenvalue weighted by Crippen LogP contribution is -2.53. The number of rotatable bonds is 4. The molecule has 0 aromatic heterocycles. The van der Waals surface area contributed by atoms with Gasteiger partial charge in [0.25, 0.3) is 0 Å². The predicted molar refractivity (Wildman–Crippen MR) is 73.1 cm³/mol. The molecule has 2 rings (SSSR count). The van der Waals surface area contributed by atoms with Gasteiger partial charge >= 0.3 is 0 Å². The van der Waals surface area contributed by atoms with E-state index in [1.54, 1.807) is 4.90 Å². The number of halogens is 1. The van der Waals surface area contributed by atoms with Crippen molar-refractivity contribution in [2.45, 2.75) is 19.9 Å². The molecule has 20 heavy (non-hydrogen) atoms. The smallest absolute Gasteiger partial charge is 0.242 e. The maximum Gasteiger partial charge on any atom is 0.242 e. The van der Waals surface area contributed by atoms with E-state index >= 15 is 0 Å². The Morgan fingerprint density at radius 2 is 1.85 bits per heavy atom. The highest BCUT2D eigenvalue weighted by atomic mass is 19.1. The standard InChI is InChI=1S/C14H18FN3O2/c1-2-5-17-8-14(20)18(9-13(17)19)7-10-6-11(15)3-4-12(10)16/h3-4,6H,2,5,7-9,16H2,1H3. The molecule has 0 bridgehead atoms. The SMILES string of the molecule is CCCN1CC(=O)N(Cc2cc(F)ccc2N)CC1=O. The third-order valence-corrected chi connectivity index (χ3v) is 3.32. The number of nitrogen functional groups attached to an aromatic ring is 1. The van der Waals surface area contributed by atoms with Crippen molar-refractivity contribution in [3.8, 4) is 0 Å². The Labute approximate surface area is 117 Å². The third kappa shape index (κ3) is 3.07. The summed E-state index contributed by atoms with van der Waals surface area (Å²) in [5, 5.41) is 0. The third-order valence-electron chi connectivity index (χ3n) is 3.32. The lowest BCUT2D eigenvalue weighted by atomic mass is 10.1. The van der Waals surface area contributed by atoms with Crippen molar-refractivity contribution in [2.75, 3.05) is 25.4 Å². The second kappa shape index (κ2) is 5.90. The van der Waals surface area contributed by atoms with Crippen LogP contribution in [0.1, 0.15) is 18.9 Å². The second-order valence-corrected chi connectivity index (χ2v) is 4.91. The summed E-state index contributed by atoms with van der Waals surface area (Å²) in [6.45, 7) is 2.81. The van der Waals surface area contributed by atoms with Crippen molar-refractivity contribution in [3.63, 3.8) is 0 Å². The maximum atomic E-state index is 13.2. The fourth-order valence-corrected chi connectivity index (χ4v) is 2.24. The van der Waals surface area contributed by atoms with E-state index in [0.29, 0.717) is 17.8 Å². The molecule has 2 amide bonds. The van der Waals surface area contributed by atoms with E-state index in [1.807, 2.05) is 6.92 Å². The number of hydrogen-bond donors (Lipinski definition) is 1. The van der Waals surface area contributed by atoms with E-state index in [2.05, 4.69) is 0 Å². The molecule has 1 saturated heterocycles. The molecule has 0 unspecified atom stereocenters. The first-order chi connectivity index (χ1) is 9.51. The Hall–Kier alpha value is -2.11. The molecule has 6 heteroatoms. The monoisotopic (exact) mass is 279 g/mol. The van der Waals surface area contributed by atoms with Gasteiger partial charge in [-0.25, -0.2) is 4.39 Å². The molecule has 1 aliphatic heterocycles. The largest absolute Gasteiger partial charge is 0.398 e. The van der Waals surface area contributed by atoms with Gasteiger partial charge in [-0.05, 0) is 30.2 Å². The van der Waals surface area contributed by atoms with E-state index in [0.717, 1.165) is 6.42 Å². The molecule has 1 fully saturated rings. The first kappa shape index (κ1) is 14.3. The molecule has 0 atom stereocenters. The number of nitrogens with two attached hydrogens (primary N) is 1. The van der Waals surface area contributed by atoms with Crippen LogP contribution in [0.3, 0.4) is 0 Å². The van der Waals surface area contributed by atoms with Gasteiger partial charge in [0.15, 0.2) is 0 Å². The Balaban J connectivity index is 2.09. The predicted octanol–water partition coefficient (Wildman–Crippen LogP) is 0.989. The summed E-state index contributed by atoms with van der Waals surface area (Å²) in [5.74, 6) is -0.624. The van der Waals surface area contributed by atoms with Crippen molar-refractivity contribution in [1.82, 2.24) is 9.80 Å². The minimum Gasteiger partial charge on any atom is -0.398 e. The zero-order valence-electron chi connectivity index (χ0n) is 11.4. The molecular weight excluding hydrogens is 261 g/mol. The number of nitrogens with zero attached hydrogens (tertiary/aromatic N) is 2. The van der Waals surface area contributed by atoms with E-state index < -0.39 is 5.82 Å². The first-order valence-corrected chi connectivity index (χ1v) is 6.60. The van der Waals surface area contributed by atoms with Crippen LogP contribution in [-0.4, -0.2) is 41.2 Å². The van der Waals surface area contributed by atoms with Gasteiger partial charge in [0.2, 0.25) is 11.8 Å².